The van der Waals surface area contributed by atoms with Crippen molar-refractivity contribution in [3.63, 3.8) is 0 Å². The molecule has 19 heavy (non-hydrogen) atoms. The van der Waals surface area contributed by atoms with Crippen LogP contribution in [0.2, 0.25) is 0 Å². The summed E-state index contributed by atoms with van der Waals surface area (Å²) in [5.41, 5.74) is 0. The fourth-order valence-electron chi connectivity index (χ4n) is 1.43. The Balaban J connectivity index is 2.80. The summed E-state index contributed by atoms with van der Waals surface area (Å²) in [6.45, 7) is -1.51. The van der Waals surface area contributed by atoms with Crippen LogP contribution in [0.1, 0.15) is 0 Å². The average molecular weight is 291 g/mol. The molecule has 1 aliphatic rings. The smallest absolute Gasteiger partial charge is 0.463 e. The number of amides is 1. The van der Waals surface area contributed by atoms with Crippen molar-refractivity contribution >= 4 is 11.9 Å². The molecule has 1 rings (SSSR count). The van der Waals surface area contributed by atoms with Crippen LogP contribution < -0.4 is 0 Å². The Morgan fingerprint density at radius 3 is 2.32 bits per heavy atom. The highest BCUT2D eigenvalue weighted by Crippen LogP contribution is 2.37. The number of hydrogen-bond acceptors (Lipinski definition) is 4. The van der Waals surface area contributed by atoms with E-state index < -0.39 is 43.2 Å². The largest absolute Gasteiger partial charge is 0.467 e. The molecule has 0 aromatic heterocycles. The van der Waals surface area contributed by atoms with Gasteiger partial charge in [0.05, 0.1) is 20.3 Å². The van der Waals surface area contributed by atoms with E-state index in [9.17, 15) is 31.5 Å². The molecule has 1 fully saturated rings. The second-order valence-corrected chi connectivity index (χ2v) is 3.71. The third-order valence-corrected chi connectivity index (χ3v) is 2.44. The average Bonchev–Trinajstić information content (AvgIpc) is 2.35. The van der Waals surface area contributed by atoms with Gasteiger partial charge < -0.3 is 14.4 Å². The number of hydrogen-bond donors (Lipinski definition) is 0. The fraction of sp³-hybridized carbons (Fsp3) is 0.778. The zero-order valence-electron chi connectivity index (χ0n) is 9.67. The van der Waals surface area contributed by atoms with Crippen molar-refractivity contribution in [3.8, 4) is 0 Å². The zero-order valence-corrected chi connectivity index (χ0v) is 9.67. The number of rotatable bonds is 2. The highest BCUT2D eigenvalue weighted by atomic mass is 19.4. The van der Waals surface area contributed by atoms with Crippen LogP contribution in [0.25, 0.3) is 0 Å². The number of morpholine rings is 1. The van der Waals surface area contributed by atoms with Gasteiger partial charge >= 0.3 is 24.0 Å². The summed E-state index contributed by atoms with van der Waals surface area (Å²) >= 11 is 0. The number of carbonyl (C=O) groups excluding carboxylic acids is 2. The highest BCUT2D eigenvalue weighted by Gasteiger charge is 2.64. The van der Waals surface area contributed by atoms with Gasteiger partial charge in [-0.3, -0.25) is 4.79 Å². The van der Waals surface area contributed by atoms with E-state index in [0.717, 1.165) is 7.11 Å². The Bertz CT molecular complexity index is 370. The fourth-order valence-corrected chi connectivity index (χ4v) is 1.43. The molecule has 0 saturated carbocycles. The molecular weight excluding hydrogens is 281 g/mol. The Morgan fingerprint density at radius 1 is 1.26 bits per heavy atom. The van der Waals surface area contributed by atoms with Gasteiger partial charge in [-0.25, -0.2) is 4.79 Å². The summed E-state index contributed by atoms with van der Waals surface area (Å²) in [7, 11) is 0.997. The van der Waals surface area contributed by atoms with Crippen molar-refractivity contribution in [1.29, 1.82) is 0 Å². The van der Waals surface area contributed by atoms with Gasteiger partial charge in [0.25, 0.3) is 0 Å². The molecule has 0 spiro atoms. The summed E-state index contributed by atoms with van der Waals surface area (Å²) in [4.78, 5) is 22.5. The standard InChI is InChI=1S/C9H10F5NO4/c1-18-6(16)5-4-15(2-3-19-5)7(17)8(10,11)9(12,13)14/h5H,2-4H2,1H3. The summed E-state index contributed by atoms with van der Waals surface area (Å²) in [5.74, 6) is -8.85. The lowest BCUT2D eigenvalue weighted by atomic mass is 10.2. The van der Waals surface area contributed by atoms with E-state index in [1.165, 1.54) is 0 Å². The molecule has 0 radical (unpaired) electrons. The topological polar surface area (TPSA) is 55.8 Å². The van der Waals surface area contributed by atoms with Crippen LogP contribution in [0.15, 0.2) is 0 Å². The third-order valence-electron chi connectivity index (χ3n) is 2.44. The number of methoxy groups -OCH3 is 1. The normalized spacial score (nSPS) is 21.2. The molecule has 0 aromatic carbocycles. The van der Waals surface area contributed by atoms with E-state index in [1.807, 2.05) is 0 Å². The monoisotopic (exact) mass is 291 g/mol. The van der Waals surface area contributed by atoms with E-state index >= 15 is 0 Å². The number of nitrogens with zero attached hydrogens (tertiary/aromatic N) is 1. The van der Waals surface area contributed by atoms with Gasteiger partial charge in [-0.15, -0.1) is 0 Å². The van der Waals surface area contributed by atoms with Gasteiger partial charge in [0.1, 0.15) is 0 Å². The van der Waals surface area contributed by atoms with Gasteiger partial charge in [0.2, 0.25) is 0 Å². The molecule has 1 saturated heterocycles. The van der Waals surface area contributed by atoms with Crippen LogP contribution in [0, 0.1) is 0 Å². The van der Waals surface area contributed by atoms with Crippen molar-refractivity contribution in [3.05, 3.63) is 0 Å². The predicted octanol–water partition coefficient (Wildman–Crippen LogP) is 0.584. The summed E-state index contributed by atoms with van der Waals surface area (Å²) < 4.78 is 70.9. The first-order valence-electron chi connectivity index (χ1n) is 5.04. The number of halogens is 5. The SMILES string of the molecule is COC(=O)C1CN(C(=O)C(F)(F)C(F)(F)F)CCO1. The molecule has 0 N–H and O–H groups in total. The second kappa shape index (κ2) is 5.27. The number of alkyl halides is 5. The molecule has 1 aliphatic heterocycles. The molecule has 110 valence electrons. The van der Waals surface area contributed by atoms with Crippen molar-refractivity contribution in [2.24, 2.45) is 0 Å². The minimum Gasteiger partial charge on any atom is -0.467 e. The maximum absolute atomic E-state index is 12.8. The van der Waals surface area contributed by atoms with E-state index in [-0.39, 0.29) is 11.5 Å². The van der Waals surface area contributed by atoms with Crippen LogP contribution in [-0.4, -0.2) is 61.8 Å². The molecule has 0 bridgehead atoms. The van der Waals surface area contributed by atoms with Gasteiger partial charge in [0, 0.05) is 6.54 Å². The lowest BCUT2D eigenvalue weighted by Crippen LogP contribution is -2.57. The molecule has 1 heterocycles. The van der Waals surface area contributed by atoms with Crippen LogP contribution in [0.4, 0.5) is 22.0 Å². The highest BCUT2D eigenvalue weighted by molar-refractivity contribution is 5.85. The first kappa shape index (κ1) is 15.6. The van der Waals surface area contributed by atoms with E-state index in [1.54, 1.807) is 0 Å². The summed E-state index contributed by atoms with van der Waals surface area (Å²) in [5, 5.41) is 0. The maximum atomic E-state index is 12.8. The maximum Gasteiger partial charge on any atom is 0.463 e. The molecule has 10 heteroatoms. The minimum absolute atomic E-state index is 0.235. The van der Waals surface area contributed by atoms with E-state index in [0.29, 0.717) is 0 Å². The Hall–Kier alpha value is -1.45. The van der Waals surface area contributed by atoms with Crippen molar-refractivity contribution in [2.45, 2.75) is 18.2 Å². The van der Waals surface area contributed by atoms with Crippen LogP contribution in [0.5, 0.6) is 0 Å². The Morgan fingerprint density at radius 2 is 1.84 bits per heavy atom. The lowest BCUT2D eigenvalue weighted by Gasteiger charge is -2.33. The van der Waals surface area contributed by atoms with Crippen LogP contribution in [0.3, 0.4) is 0 Å². The molecule has 0 aliphatic carbocycles. The van der Waals surface area contributed by atoms with Crippen molar-refractivity contribution in [1.82, 2.24) is 4.90 Å². The molecule has 0 aromatic rings. The van der Waals surface area contributed by atoms with Gasteiger partial charge in [-0.2, -0.15) is 22.0 Å². The van der Waals surface area contributed by atoms with Gasteiger partial charge in [0.15, 0.2) is 6.10 Å². The first-order valence-corrected chi connectivity index (χ1v) is 5.04. The Labute approximate surface area is 104 Å². The van der Waals surface area contributed by atoms with Gasteiger partial charge in [-0.05, 0) is 0 Å². The molecule has 5 nitrogen and oxygen atoms in total. The van der Waals surface area contributed by atoms with Crippen LogP contribution >= 0.6 is 0 Å². The third kappa shape index (κ3) is 3.11. The molecule has 1 unspecified atom stereocenters. The molecule has 1 atom stereocenters. The quantitative estimate of drug-likeness (QED) is 0.552. The second-order valence-electron chi connectivity index (χ2n) is 3.71. The van der Waals surface area contributed by atoms with Gasteiger partial charge in [-0.1, -0.05) is 0 Å². The number of carbonyl (C=O) groups is 2. The van der Waals surface area contributed by atoms with E-state index in [4.69, 9.17) is 4.74 Å². The number of ether oxygens (including phenoxy) is 2. The number of esters is 1. The predicted molar refractivity (Wildman–Crippen MR) is 49.3 cm³/mol. The van der Waals surface area contributed by atoms with Crippen molar-refractivity contribution in [2.75, 3.05) is 26.8 Å². The summed E-state index contributed by atoms with van der Waals surface area (Å²) in [6.07, 6.45) is -7.35. The molecule has 1 amide bonds. The van der Waals surface area contributed by atoms with E-state index in [2.05, 4.69) is 4.74 Å². The summed E-state index contributed by atoms with van der Waals surface area (Å²) in [6, 6.07) is 0. The minimum atomic E-state index is -5.98. The van der Waals surface area contributed by atoms with Crippen LogP contribution in [-0.2, 0) is 19.1 Å². The zero-order chi connectivity index (χ0) is 14.8. The van der Waals surface area contributed by atoms with Crippen molar-refractivity contribution < 1.29 is 41.0 Å². The lowest BCUT2D eigenvalue weighted by molar-refractivity contribution is -0.275. The molecular formula is C9H10F5NO4. The first-order chi connectivity index (χ1) is 8.61. The Kier molecular flexibility index (Phi) is 4.33.